The van der Waals surface area contributed by atoms with Crippen LogP contribution in [-0.2, 0) is 14.4 Å². The van der Waals surface area contributed by atoms with E-state index in [2.05, 4.69) is 20.8 Å². The molecule has 0 saturated carbocycles. The summed E-state index contributed by atoms with van der Waals surface area (Å²) in [5.74, 6) is -0.415. The van der Waals surface area contributed by atoms with Gasteiger partial charge in [0.05, 0.1) is 11.4 Å². The summed E-state index contributed by atoms with van der Waals surface area (Å²) < 4.78 is 0. The third-order valence-corrected chi connectivity index (χ3v) is 4.67. The van der Waals surface area contributed by atoms with Crippen LogP contribution in [0.5, 0.6) is 0 Å². The van der Waals surface area contributed by atoms with Crippen molar-refractivity contribution in [3.63, 3.8) is 0 Å². The Kier molecular flexibility index (Phi) is 4.52. The third-order valence-electron chi connectivity index (χ3n) is 4.67. The fourth-order valence-electron chi connectivity index (χ4n) is 3.33. The second kappa shape index (κ2) is 7.15. The molecule has 1 aromatic heterocycles. The SMILES string of the molecule is CC(=O)Nc1ccc(NC(=O)C2CC(=O)N(c3n[nH]c4ccccc34)C2)cc1. The van der Waals surface area contributed by atoms with Crippen LogP contribution in [0, 0.1) is 5.92 Å². The van der Waals surface area contributed by atoms with Gasteiger partial charge in [0.1, 0.15) is 0 Å². The number of H-pyrrole nitrogens is 1. The molecule has 1 atom stereocenters. The highest BCUT2D eigenvalue weighted by Gasteiger charge is 2.36. The van der Waals surface area contributed by atoms with E-state index in [1.165, 1.54) is 6.92 Å². The summed E-state index contributed by atoms with van der Waals surface area (Å²) >= 11 is 0. The molecule has 1 saturated heterocycles. The Balaban J connectivity index is 1.45. The third kappa shape index (κ3) is 3.44. The van der Waals surface area contributed by atoms with Crippen LogP contribution >= 0.6 is 0 Å². The van der Waals surface area contributed by atoms with E-state index in [0.29, 0.717) is 17.2 Å². The highest BCUT2D eigenvalue weighted by Crippen LogP contribution is 2.30. The zero-order valence-electron chi connectivity index (χ0n) is 15.2. The van der Waals surface area contributed by atoms with Crippen LogP contribution in [0.15, 0.2) is 48.5 Å². The normalized spacial score (nSPS) is 16.4. The van der Waals surface area contributed by atoms with Crippen molar-refractivity contribution < 1.29 is 14.4 Å². The van der Waals surface area contributed by atoms with Crippen molar-refractivity contribution in [2.75, 3.05) is 22.1 Å². The van der Waals surface area contributed by atoms with Crippen LogP contribution < -0.4 is 15.5 Å². The maximum atomic E-state index is 12.6. The molecule has 3 amide bonds. The number of hydrogen-bond donors (Lipinski definition) is 3. The number of anilines is 3. The number of hydrogen-bond acceptors (Lipinski definition) is 4. The summed E-state index contributed by atoms with van der Waals surface area (Å²) in [4.78, 5) is 37.7. The highest BCUT2D eigenvalue weighted by atomic mass is 16.2. The Hall–Kier alpha value is -3.68. The van der Waals surface area contributed by atoms with E-state index in [4.69, 9.17) is 0 Å². The van der Waals surface area contributed by atoms with Crippen LogP contribution in [0.3, 0.4) is 0 Å². The van der Waals surface area contributed by atoms with E-state index in [9.17, 15) is 14.4 Å². The smallest absolute Gasteiger partial charge is 0.229 e. The molecule has 3 N–H and O–H groups in total. The van der Waals surface area contributed by atoms with Crippen LogP contribution in [0.25, 0.3) is 10.9 Å². The minimum Gasteiger partial charge on any atom is -0.326 e. The van der Waals surface area contributed by atoms with Crippen molar-refractivity contribution in [1.82, 2.24) is 10.2 Å². The van der Waals surface area contributed by atoms with Gasteiger partial charge in [-0.15, -0.1) is 0 Å². The molecule has 28 heavy (non-hydrogen) atoms. The predicted molar refractivity (Wildman–Crippen MR) is 106 cm³/mol. The number of fused-ring (bicyclic) bond motifs is 1. The number of amides is 3. The quantitative estimate of drug-likeness (QED) is 0.649. The van der Waals surface area contributed by atoms with E-state index in [0.717, 1.165) is 10.9 Å². The summed E-state index contributed by atoms with van der Waals surface area (Å²) in [5, 5.41) is 13.5. The molecule has 0 spiro atoms. The van der Waals surface area contributed by atoms with E-state index in [1.54, 1.807) is 29.2 Å². The lowest BCUT2D eigenvalue weighted by molar-refractivity contribution is -0.122. The molecule has 0 radical (unpaired) electrons. The Bertz CT molecular complexity index is 1060. The van der Waals surface area contributed by atoms with Gasteiger partial charge in [-0.3, -0.25) is 24.4 Å². The number of carbonyl (C=O) groups excluding carboxylic acids is 3. The van der Waals surface area contributed by atoms with Gasteiger partial charge in [0, 0.05) is 36.7 Å². The molecule has 1 aliphatic heterocycles. The molecule has 1 fully saturated rings. The number of rotatable bonds is 4. The maximum Gasteiger partial charge on any atom is 0.229 e. The molecule has 4 rings (SSSR count). The van der Waals surface area contributed by atoms with Gasteiger partial charge in [-0.25, -0.2) is 0 Å². The lowest BCUT2D eigenvalue weighted by Gasteiger charge is -2.14. The Labute approximate surface area is 160 Å². The fourth-order valence-corrected chi connectivity index (χ4v) is 3.33. The standard InChI is InChI=1S/C20H19N5O3/c1-12(26)21-14-6-8-15(9-7-14)22-20(28)13-10-18(27)25(11-13)19-16-4-2-3-5-17(16)23-24-19/h2-9,13H,10-11H2,1H3,(H,21,26)(H,22,28)(H,23,24). The Morgan fingerprint density at radius 3 is 2.46 bits per heavy atom. The van der Waals surface area contributed by atoms with E-state index in [1.807, 2.05) is 24.3 Å². The van der Waals surface area contributed by atoms with E-state index < -0.39 is 5.92 Å². The first-order valence-corrected chi connectivity index (χ1v) is 8.93. The van der Waals surface area contributed by atoms with Crippen molar-refractivity contribution in [1.29, 1.82) is 0 Å². The summed E-state index contributed by atoms with van der Waals surface area (Å²) in [5.41, 5.74) is 2.10. The van der Waals surface area contributed by atoms with Gasteiger partial charge in [0.2, 0.25) is 17.7 Å². The van der Waals surface area contributed by atoms with Crippen LogP contribution in [0.4, 0.5) is 17.2 Å². The molecule has 8 nitrogen and oxygen atoms in total. The highest BCUT2D eigenvalue weighted by molar-refractivity contribution is 6.07. The summed E-state index contributed by atoms with van der Waals surface area (Å²) in [6, 6.07) is 14.4. The van der Waals surface area contributed by atoms with Gasteiger partial charge >= 0.3 is 0 Å². The van der Waals surface area contributed by atoms with Gasteiger partial charge in [-0.1, -0.05) is 12.1 Å². The average molecular weight is 377 g/mol. The van der Waals surface area contributed by atoms with Gasteiger partial charge in [-0.2, -0.15) is 5.10 Å². The minimum atomic E-state index is -0.460. The number of para-hydroxylation sites is 1. The molecule has 2 aromatic carbocycles. The number of nitrogens with zero attached hydrogens (tertiary/aromatic N) is 2. The molecular formula is C20H19N5O3. The molecule has 1 aliphatic rings. The molecule has 3 aromatic rings. The first-order valence-electron chi connectivity index (χ1n) is 8.93. The maximum absolute atomic E-state index is 12.6. The van der Waals surface area contributed by atoms with Gasteiger partial charge < -0.3 is 10.6 Å². The largest absolute Gasteiger partial charge is 0.326 e. The number of carbonyl (C=O) groups is 3. The number of benzene rings is 2. The van der Waals surface area contributed by atoms with Gasteiger partial charge in [-0.05, 0) is 36.4 Å². The van der Waals surface area contributed by atoms with Crippen LogP contribution in [0.1, 0.15) is 13.3 Å². The average Bonchev–Trinajstić information content (AvgIpc) is 3.26. The number of aromatic nitrogens is 2. The lowest BCUT2D eigenvalue weighted by atomic mass is 10.1. The molecule has 2 heterocycles. The van der Waals surface area contributed by atoms with Crippen LogP contribution in [-0.4, -0.2) is 34.5 Å². The van der Waals surface area contributed by atoms with Gasteiger partial charge in [0.25, 0.3) is 0 Å². The minimum absolute atomic E-state index is 0.126. The number of nitrogens with one attached hydrogen (secondary N) is 3. The van der Waals surface area contributed by atoms with Crippen LogP contribution in [0.2, 0.25) is 0 Å². The van der Waals surface area contributed by atoms with E-state index >= 15 is 0 Å². The fraction of sp³-hybridized carbons (Fsp3) is 0.200. The van der Waals surface area contributed by atoms with E-state index in [-0.39, 0.29) is 30.7 Å². The summed E-state index contributed by atoms with van der Waals surface area (Å²) in [6.07, 6.45) is 0.136. The van der Waals surface area contributed by atoms with Crippen molar-refractivity contribution in [3.8, 4) is 0 Å². The molecule has 1 unspecified atom stereocenters. The van der Waals surface area contributed by atoms with Crippen molar-refractivity contribution >= 4 is 45.8 Å². The van der Waals surface area contributed by atoms with Crippen molar-refractivity contribution in [3.05, 3.63) is 48.5 Å². The van der Waals surface area contributed by atoms with Gasteiger partial charge in [0.15, 0.2) is 5.82 Å². The molecular weight excluding hydrogens is 358 g/mol. The first-order chi connectivity index (χ1) is 13.5. The summed E-state index contributed by atoms with van der Waals surface area (Å²) in [6.45, 7) is 1.71. The number of aromatic amines is 1. The zero-order valence-corrected chi connectivity index (χ0v) is 15.2. The lowest BCUT2D eigenvalue weighted by Crippen LogP contribution is -2.28. The second-order valence-corrected chi connectivity index (χ2v) is 6.75. The first kappa shape index (κ1) is 17.7. The topological polar surface area (TPSA) is 107 Å². The van der Waals surface area contributed by atoms with Crippen molar-refractivity contribution in [2.24, 2.45) is 5.92 Å². The molecule has 142 valence electrons. The Morgan fingerprint density at radius 2 is 1.75 bits per heavy atom. The monoisotopic (exact) mass is 377 g/mol. The Morgan fingerprint density at radius 1 is 1.07 bits per heavy atom. The zero-order chi connectivity index (χ0) is 19.7. The second-order valence-electron chi connectivity index (χ2n) is 6.75. The molecule has 0 bridgehead atoms. The molecule has 8 heteroatoms. The molecule has 0 aliphatic carbocycles. The van der Waals surface area contributed by atoms with Crippen molar-refractivity contribution in [2.45, 2.75) is 13.3 Å². The predicted octanol–water partition coefficient (Wildman–Crippen LogP) is 2.51. The summed E-state index contributed by atoms with van der Waals surface area (Å²) in [7, 11) is 0.